The molecule has 0 atom stereocenters. The number of aromatic amines is 1. The summed E-state index contributed by atoms with van der Waals surface area (Å²) in [7, 11) is 1.68. The van der Waals surface area contributed by atoms with Gasteiger partial charge >= 0.3 is 0 Å². The number of aldehydes is 1. The zero-order valence-corrected chi connectivity index (χ0v) is 13.3. The number of benzene rings is 1. The van der Waals surface area contributed by atoms with Crippen LogP contribution in [0.5, 0.6) is 5.75 Å². The highest BCUT2D eigenvalue weighted by Crippen LogP contribution is 2.20. The van der Waals surface area contributed by atoms with Crippen molar-refractivity contribution in [3.8, 4) is 5.75 Å². The lowest BCUT2D eigenvalue weighted by molar-refractivity contribution is -0.104. The second-order valence-corrected chi connectivity index (χ2v) is 4.26. The SMILES string of the molecule is C/C=C/C=O.C=CCC.COc1ccc2[nH]c(C)cc2c1. The first-order chi connectivity index (χ1) is 10.1. The van der Waals surface area contributed by atoms with Crippen LogP contribution in [0.4, 0.5) is 0 Å². The number of hydrogen-bond acceptors (Lipinski definition) is 2. The normalized spacial score (nSPS) is 9.33. The molecule has 0 saturated carbocycles. The molecule has 2 aromatic rings. The molecule has 114 valence electrons. The first-order valence-corrected chi connectivity index (χ1v) is 6.93. The van der Waals surface area contributed by atoms with Gasteiger partial charge in [0.05, 0.1) is 7.11 Å². The fourth-order valence-electron chi connectivity index (χ4n) is 1.46. The minimum atomic E-state index is 0.750. The first kappa shape index (κ1) is 18.7. The second-order valence-electron chi connectivity index (χ2n) is 4.26. The molecule has 0 radical (unpaired) electrons. The predicted octanol–water partition coefficient (Wildman–Crippen LogP) is 4.83. The number of fused-ring (bicyclic) bond motifs is 1. The molecule has 0 aliphatic heterocycles. The van der Waals surface area contributed by atoms with Crippen molar-refractivity contribution < 1.29 is 9.53 Å². The molecule has 2 rings (SSSR count). The fourth-order valence-corrected chi connectivity index (χ4v) is 1.46. The van der Waals surface area contributed by atoms with Gasteiger partial charge in [0, 0.05) is 16.6 Å². The number of ether oxygens (including phenoxy) is 1. The van der Waals surface area contributed by atoms with Crippen LogP contribution in [-0.4, -0.2) is 18.4 Å². The third-order valence-corrected chi connectivity index (χ3v) is 2.52. The zero-order valence-electron chi connectivity index (χ0n) is 13.3. The van der Waals surface area contributed by atoms with Gasteiger partial charge in [-0.3, -0.25) is 4.79 Å². The summed E-state index contributed by atoms with van der Waals surface area (Å²) < 4.78 is 5.12. The lowest BCUT2D eigenvalue weighted by Crippen LogP contribution is -1.80. The number of methoxy groups -OCH3 is 1. The summed E-state index contributed by atoms with van der Waals surface area (Å²) in [5.41, 5.74) is 2.34. The largest absolute Gasteiger partial charge is 0.497 e. The van der Waals surface area contributed by atoms with Gasteiger partial charge in [-0.25, -0.2) is 0 Å². The number of aromatic nitrogens is 1. The summed E-state index contributed by atoms with van der Waals surface area (Å²) in [6, 6.07) is 8.12. The molecule has 0 aliphatic rings. The van der Waals surface area contributed by atoms with Gasteiger partial charge in [0.25, 0.3) is 0 Å². The molecule has 0 fully saturated rings. The van der Waals surface area contributed by atoms with E-state index in [4.69, 9.17) is 4.74 Å². The molecular weight excluding hydrogens is 262 g/mol. The average Bonchev–Trinajstić information content (AvgIpc) is 2.88. The van der Waals surface area contributed by atoms with Gasteiger partial charge in [-0.1, -0.05) is 19.1 Å². The van der Waals surface area contributed by atoms with E-state index in [0.717, 1.165) is 24.0 Å². The summed E-state index contributed by atoms with van der Waals surface area (Å²) in [6.07, 6.45) is 6.84. The lowest BCUT2D eigenvalue weighted by atomic mass is 10.2. The number of rotatable bonds is 3. The van der Waals surface area contributed by atoms with Crippen LogP contribution < -0.4 is 4.74 Å². The minimum absolute atomic E-state index is 0.750. The van der Waals surface area contributed by atoms with Crippen LogP contribution in [0.25, 0.3) is 10.9 Å². The molecule has 21 heavy (non-hydrogen) atoms. The number of H-pyrrole nitrogens is 1. The van der Waals surface area contributed by atoms with E-state index >= 15 is 0 Å². The van der Waals surface area contributed by atoms with Gasteiger partial charge in [-0.2, -0.15) is 0 Å². The molecule has 0 unspecified atom stereocenters. The van der Waals surface area contributed by atoms with E-state index in [1.807, 2.05) is 31.2 Å². The lowest BCUT2D eigenvalue weighted by Gasteiger charge is -1.97. The average molecular weight is 287 g/mol. The molecule has 0 aliphatic carbocycles. The van der Waals surface area contributed by atoms with Crippen molar-refractivity contribution in [3.63, 3.8) is 0 Å². The Morgan fingerprint density at radius 1 is 1.33 bits per heavy atom. The monoisotopic (exact) mass is 287 g/mol. The predicted molar refractivity (Wildman–Crippen MR) is 91.0 cm³/mol. The molecule has 3 nitrogen and oxygen atoms in total. The van der Waals surface area contributed by atoms with Crippen LogP contribution in [0.15, 0.2) is 49.1 Å². The minimum Gasteiger partial charge on any atom is -0.497 e. The molecule has 1 aromatic carbocycles. The van der Waals surface area contributed by atoms with Crippen molar-refractivity contribution >= 4 is 17.2 Å². The van der Waals surface area contributed by atoms with E-state index in [2.05, 4.69) is 24.6 Å². The molecule has 0 amide bonds. The second kappa shape index (κ2) is 11.5. The number of nitrogens with one attached hydrogen (secondary N) is 1. The van der Waals surface area contributed by atoms with Crippen LogP contribution in [0.2, 0.25) is 0 Å². The standard InChI is InChI=1S/C10H11NO.C4H6O.C4H8/c1-7-5-8-6-9(12-2)3-4-10(8)11-7;1-2-3-4-5;1-3-4-2/h3-6,11H,1-2H3;2-4H,1H3;3H,1,4H2,2H3/b;3-2+;. The molecule has 0 spiro atoms. The van der Waals surface area contributed by atoms with E-state index in [1.165, 1.54) is 17.2 Å². The smallest absolute Gasteiger partial charge is 0.142 e. The number of allylic oxidation sites excluding steroid dienone is 3. The Labute approximate surface area is 127 Å². The van der Waals surface area contributed by atoms with Crippen LogP contribution in [0.3, 0.4) is 0 Å². The van der Waals surface area contributed by atoms with Crippen LogP contribution in [-0.2, 0) is 4.79 Å². The van der Waals surface area contributed by atoms with E-state index < -0.39 is 0 Å². The molecule has 1 heterocycles. The first-order valence-electron chi connectivity index (χ1n) is 6.93. The van der Waals surface area contributed by atoms with Gasteiger partial charge in [0.1, 0.15) is 12.0 Å². The highest BCUT2D eigenvalue weighted by molar-refractivity contribution is 5.81. The van der Waals surface area contributed by atoms with Crippen molar-refractivity contribution in [2.45, 2.75) is 27.2 Å². The topological polar surface area (TPSA) is 42.1 Å². The molecule has 0 bridgehead atoms. The van der Waals surface area contributed by atoms with Gasteiger partial charge in [-0.15, -0.1) is 6.58 Å². The number of hydrogen-bond donors (Lipinski definition) is 1. The summed E-state index contributed by atoms with van der Waals surface area (Å²) >= 11 is 0. The van der Waals surface area contributed by atoms with E-state index in [9.17, 15) is 4.79 Å². The van der Waals surface area contributed by atoms with Crippen molar-refractivity contribution in [3.05, 3.63) is 54.8 Å². The van der Waals surface area contributed by atoms with E-state index in [0.29, 0.717) is 0 Å². The van der Waals surface area contributed by atoms with Gasteiger partial charge in [-0.05, 0) is 50.6 Å². The van der Waals surface area contributed by atoms with Crippen molar-refractivity contribution in [2.75, 3.05) is 7.11 Å². The Morgan fingerprint density at radius 2 is 2.00 bits per heavy atom. The molecular formula is C18H25NO2. The highest BCUT2D eigenvalue weighted by atomic mass is 16.5. The van der Waals surface area contributed by atoms with Crippen LogP contribution in [0.1, 0.15) is 26.0 Å². The summed E-state index contributed by atoms with van der Waals surface area (Å²) in [4.78, 5) is 12.6. The molecule has 1 N–H and O–H groups in total. The number of carbonyl (C=O) groups excluding carboxylic acids is 1. The molecule has 1 aromatic heterocycles. The van der Waals surface area contributed by atoms with Gasteiger partial charge in [0.15, 0.2) is 0 Å². The Morgan fingerprint density at radius 3 is 2.43 bits per heavy atom. The Hall–Kier alpha value is -2.29. The maximum atomic E-state index is 9.32. The third kappa shape index (κ3) is 7.78. The number of carbonyl (C=O) groups is 1. The third-order valence-electron chi connectivity index (χ3n) is 2.52. The van der Waals surface area contributed by atoms with Gasteiger partial charge in [0.2, 0.25) is 0 Å². The quantitative estimate of drug-likeness (QED) is 0.499. The Kier molecular flexibility index (Phi) is 10.3. The maximum Gasteiger partial charge on any atom is 0.142 e. The maximum absolute atomic E-state index is 9.32. The summed E-state index contributed by atoms with van der Waals surface area (Å²) in [5, 5.41) is 1.20. The Balaban J connectivity index is 0.000000374. The van der Waals surface area contributed by atoms with Crippen LogP contribution in [0, 0.1) is 6.92 Å². The summed E-state index contributed by atoms with van der Waals surface area (Å²) in [5.74, 6) is 0.904. The number of aryl methyl sites for hydroxylation is 1. The van der Waals surface area contributed by atoms with E-state index in [1.54, 1.807) is 20.1 Å². The highest BCUT2D eigenvalue weighted by Gasteiger charge is 1.97. The fraction of sp³-hybridized carbons (Fsp3) is 0.278. The van der Waals surface area contributed by atoms with Crippen LogP contribution >= 0.6 is 0 Å². The van der Waals surface area contributed by atoms with Crippen molar-refractivity contribution in [2.24, 2.45) is 0 Å². The molecule has 0 saturated heterocycles. The van der Waals surface area contributed by atoms with Crippen molar-refractivity contribution in [1.29, 1.82) is 0 Å². The van der Waals surface area contributed by atoms with E-state index in [-0.39, 0.29) is 0 Å². The zero-order chi connectivity index (χ0) is 16.1. The van der Waals surface area contributed by atoms with Gasteiger partial charge < -0.3 is 9.72 Å². The summed E-state index contributed by atoms with van der Waals surface area (Å²) in [6.45, 7) is 9.39. The van der Waals surface area contributed by atoms with Crippen molar-refractivity contribution in [1.82, 2.24) is 4.98 Å². The molecule has 3 heteroatoms. The Bertz CT molecular complexity index is 568.